The predicted octanol–water partition coefficient (Wildman–Crippen LogP) is 4.33. The van der Waals surface area contributed by atoms with E-state index in [2.05, 4.69) is 0 Å². The first-order valence-electron chi connectivity index (χ1n) is 6.84. The Bertz CT molecular complexity index is 675. The highest BCUT2D eigenvalue weighted by Gasteiger charge is 2.15. The monoisotopic (exact) mass is 315 g/mol. The number of ketones is 1. The van der Waals surface area contributed by atoms with Crippen molar-refractivity contribution in [3.05, 3.63) is 71.7 Å². The number of Topliss-reactive ketones (excluding diaryl/α,β-unsaturated/α-hetero) is 1. The zero-order valence-electron chi connectivity index (χ0n) is 12.8. The SMILES string of the molecule is CSc1ccc(C(=CN(C)C)C(=O)c2ccc(F)cc2)cc1. The first-order valence-corrected chi connectivity index (χ1v) is 8.06. The molecule has 0 N–H and O–H groups in total. The van der Waals surface area contributed by atoms with Gasteiger partial charge in [-0.3, -0.25) is 4.79 Å². The van der Waals surface area contributed by atoms with Crippen molar-refractivity contribution in [3.63, 3.8) is 0 Å². The molecule has 0 aromatic heterocycles. The molecular formula is C18H18FNOS. The molecule has 0 fully saturated rings. The van der Waals surface area contributed by atoms with Crippen LogP contribution < -0.4 is 0 Å². The third-order valence-electron chi connectivity index (χ3n) is 3.14. The first-order chi connectivity index (χ1) is 10.5. The first kappa shape index (κ1) is 16.3. The van der Waals surface area contributed by atoms with E-state index in [0.717, 1.165) is 10.5 Å². The lowest BCUT2D eigenvalue weighted by Crippen LogP contribution is -2.09. The molecule has 0 atom stereocenters. The van der Waals surface area contributed by atoms with E-state index in [9.17, 15) is 9.18 Å². The fourth-order valence-corrected chi connectivity index (χ4v) is 2.46. The molecule has 0 unspecified atom stereocenters. The molecule has 2 aromatic rings. The third-order valence-corrected chi connectivity index (χ3v) is 3.88. The molecule has 2 aromatic carbocycles. The molecule has 4 heteroatoms. The topological polar surface area (TPSA) is 20.3 Å². The molecule has 2 nitrogen and oxygen atoms in total. The van der Waals surface area contributed by atoms with Gasteiger partial charge in [0.25, 0.3) is 0 Å². The number of carbonyl (C=O) groups excluding carboxylic acids is 1. The summed E-state index contributed by atoms with van der Waals surface area (Å²) in [6.07, 6.45) is 3.80. The normalized spacial score (nSPS) is 11.4. The van der Waals surface area contributed by atoms with Crippen LogP contribution in [0.3, 0.4) is 0 Å². The lowest BCUT2D eigenvalue weighted by Gasteiger charge is -2.12. The van der Waals surface area contributed by atoms with Gasteiger partial charge in [-0.05, 0) is 48.2 Å². The van der Waals surface area contributed by atoms with E-state index < -0.39 is 0 Å². The summed E-state index contributed by atoms with van der Waals surface area (Å²) in [4.78, 5) is 15.7. The molecule has 0 saturated heterocycles. The minimum atomic E-state index is -0.348. The highest BCUT2D eigenvalue weighted by Crippen LogP contribution is 2.23. The van der Waals surface area contributed by atoms with E-state index in [1.54, 1.807) is 18.0 Å². The molecule has 0 aliphatic heterocycles. The van der Waals surface area contributed by atoms with Crippen molar-refractivity contribution in [2.24, 2.45) is 0 Å². The van der Waals surface area contributed by atoms with Crippen molar-refractivity contribution in [3.8, 4) is 0 Å². The Balaban J connectivity index is 2.41. The second-order valence-electron chi connectivity index (χ2n) is 5.07. The molecule has 2 rings (SSSR count). The van der Waals surface area contributed by atoms with Crippen LogP contribution in [0.5, 0.6) is 0 Å². The zero-order chi connectivity index (χ0) is 16.1. The van der Waals surface area contributed by atoms with Crippen LogP contribution in [-0.4, -0.2) is 31.0 Å². The van der Waals surface area contributed by atoms with Gasteiger partial charge in [0.05, 0.1) is 0 Å². The van der Waals surface area contributed by atoms with Crippen LogP contribution in [0.15, 0.2) is 59.6 Å². The van der Waals surface area contributed by atoms with Gasteiger partial charge in [0.2, 0.25) is 0 Å². The molecule has 0 saturated carbocycles. The fourth-order valence-electron chi connectivity index (χ4n) is 2.05. The van der Waals surface area contributed by atoms with Gasteiger partial charge in [-0.25, -0.2) is 4.39 Å². The summed E-state index contributed by atoms with van der Waals surface area (Å²) in [5.41, 5.74) is 1.91. The van der Waals surface area contributed by atoms with Crippen molar-refractivity contribution in [1.82, 2.24) is 4.90 Å². The minimum absolute atomic E-state index is 0.120. The van der Waals surface area contributed by atoms with Crippen LogP contribution in [-0.2, 0) is 0 Å². The smallest absolute Gasteiger partial charge is 0.195 e. The quantitative estimate of drug-likeness (QED) is 0.465. The zero-order valence-corrected chi connectivity index (χ0v) is 13.7. The van der Waals surface area contributed by atoms with Gasteiger partial charge in [-0.2, -0.15) is 0 Å². The van der Waals surface area contributed by atoms with Gasteiger partial charge >= 0.3 is 0 Å². The fraction of sp³-hybridized carbons (Fsp3) is 0.167. The van der Waals surface area contributed by atoms with Crippen molar-refractivity contribution in [1.29, 1.82) is 0 Å². The maximum absolute atomic E-state index is 13.0. The van der Waals surface area contributed by atoms with Crippen LogP contribution in [0.1, 0.15) is 15.9 Å². The van der Waals surface area contributed by atoms with Gasteiger partial charge < -0.3 is 4.90 Å². The molecule has 0 heterocycles. The summed E-state index contributed by atoms with van der Waals surface area (Å²) >= 11 is 1.65. The van der Waals surface area contributed by atoms with Crippen LogP contribution in [0, 0.1) is 5.82 Å². The predicted molar refractivity (Wildman–Crippen MR) is 90.6 cm³/mol. The van der Waals surface area contributed by atoms with Gasteiger partial charge in [0, 0.05) is 36.3 Å². The van der Waals surface area contributed by atoms with Crippen molar-refractivity contribution >= 4 is 23.1 Å². The van der Waals surface area contributed by atoms with Crippen LogP contribution in [0.25, 0.3) is 5.57 Å². The lowest BCUT2D eigenvalue weighted by atomic mass is 9.97. The molecule has 0 aliphatic rings. The Hall–Kier alpha value is -2.07. The Morgan fingerprint density at radius 3 is 2.05 bits per heavy atom. The number of rotatable bonds is 5. The van der Waals surface area contributed by atoms with Crippen LogP contribution in [0.4, 0.5) is 4.39 Å². The Morgan fingerprint density at radius 1 is 1.00 bits per heavy atom. The number of hydrogen-bond acceptors (Lipinski definition) is 3. The number of halogens is 1. The van der Waals surface area contributed by atoms with Crippen molar-refractivity contribution in [2.75, 3.05) is 20.4 Å². The maximum atomic E-state index is 13.0. The van der Waals surface area contributed by atoms with E-state index in [1.165, 1.54) is 24.3 Å². The van der Waals surface area contributed by atoms with E-state index in [0.29, 0.717) is 11.1 Å². The molecule has 0 spiro atoms. The summed E-state index contributed by atoms with van der Waals surface area (Å²) in [5.74, 6) is -0.468. The Morgan fingerprint density at radius 2 is 1.55 bits per heavy atom. The average Bonchev–Trinajstić information content (AvgIpc) is 2.53. The highest BCUT2D eigenvalue weighted by molar-refractivity contribution is 7.98. The minimum Gasteiger partial charge on any atom is -0.383 e. The number of carbonyl (C=O) groups is 1. The summed E-state index contributed by atoms with van der Waals surface area (Å²) in [7, 11) is 3.74. The standard InChI is InChI=1S/C18H18FNOS/c1-20(2)12-17(13-6-10-16(22-3)11-7-13)18(21)14-4-8-15(19)9-5-14/h4-12H,1-3H3. The molecule has 0 amide bonds. The highest BCUT2D eigenvalue weighted by atomic mass is 32.2. The van der Waals surface area contributed by atoms with Crippen molar-refractivity contribution in [2.45, 2.75) is 4.90 Å². The summed E-state index contributed by atoms with van der Waals surface area (Å²) in [6.45, 7) is 0. The molecule has 22 heavy (non-hydrogen) atoms. The third kappa shape index (κ3) is 3.98. The van der Waals surface area contributed by atoms with Gasteiger partial charge in [0.15, 0.2) is 5.78 Å². The van der Waals surface area contributed by atoms with Crippen molar-refractivity contribution < 1.29 is 9.18 Å². The molecular weight excluding hydrogens is 297 g/mol. The molecule has 114 valence electrons. The second kappa shape index (κ2) is 7.27. The van der Waals surface area contributed by atoms with E-state index in [4.69, 9.17) is 0 Å². The summed E-state index contributed by atoms with van der Waals surface area (Å²) in [5, 5.41) is 0. The number of nitrogens with zero attached hydrogens (tertiary/aromatic N) is 1. The largest absolute Gasteiger partial charge is 0.383 e. The molecule has 0 radical (unpaired) electrons. The summed E-state index contributed by atoms with van der Waals surface area (Å²) < 4.78 is 13.0. The number of thioether (sulfide) groups is 1. The van der Waals surface area contributed by atoms with Gasteiger partial charge in [0.1, 0.15) is 5.82 Å². The van der Waals surface area contributed by atoms with Crippen LogP contribution >= 0.6 is 11.8 Å². The summed E-state index contributed by atoms with van der Waals surface area (Å²) in [6, 6.07) is 13.5. The number of allylic oxidation sites excluding steroid dienone is 1. The second-order valence-corrected chi connectivity index (χ2v) is 5.95. The number of benzene rings is 2. The lowest BCUT2D eigenvalue weighted by molar-refractivity contribution is 0.105. The molecule has 0 bridgehead atoms. The Kier molecular flexibility index (Phi) is 5.39. The Labute approximate surface area is 134 Å². The van der Waals surface area contributed by atoms with E-state index in [-0.39, 0.29) is 11.6 Å². The average molecular weight is 315 g/mol. The van der Waals surface area contributed by atoms with E-state index >= 15 is 0 Å². The molecule has 0 aliphatic carbocycles. The van der Waals surface area contributed by atoms with Gasteiger partial charge in [-0.15, -0.1) is 11.8 Å². The number of hydrogen-bond donors (Lipinski definition) is 0. The van der Waals surface area contributed by atoms with E-state index in [1.807, 2.05) is 49.5 Å². The van der Waals surface area contributed by atoms with Crippen LogP contribution in [0.2, 0.25) is 0 Å². The van der Waals surface area contributed by atoms with Gasteiger partial charge in [-0.1, -0.05) is 12.1 Å². The maximum Gasteiger partial charge on any atom is 0.195 e.